The molecule has 1 amide bonds. The molecule has 0 saturated carbocycles. The van der Waals surface area contributed by atoms with Crippen LogP contribution in [0.25, 0.3) is 11.1 Å². The molecular weight excluding hydrogens is 358 g/mol. The van der Waals surface area contributed by atoms with Crippen LogP contribution in [-0.2, 0) is 11.2 Å². The van der Waals surface area contributed by atoms with Gasteiger partial charge in [0.05, 0.1) is 5.97 Å². The first kappa shape index (κ1) is 18.8. The monoisotopic (exact) mass is 373 g/mol. The fourth-order valence-electron chi connectivity index (χ4n) is 2.88. The third-order valence-corrected chi connectivity index (χ3v) is 4.17. The summed E-state index contributed by atoms with van der Waals surface area (Å²) in [5, 5.41) is 24.8. The number of carbonyl (C=O) groups excluding carboxylic acids is 3. The predicted molar refractivity (Wildman–Crippen MR) is 99.3 cm³/mol. The van der Waals surface area contributed by atoms with E-state index in [0.29, 0.717) is 27.9 Å². The number of carboxylic acids is 2. The lowest BCUT2D eigenvalue weighted by Crippen LogP contribution is -2.24. The highest BCUT2D eigenvalue weighted by Crippen LogP contribution is 2.27. The van der Waals surface area contributed by atoms with Gasteiger partial charge in [-0.05, 0) is 34.9 Å². The second kappa shape index (κ2) is 8.18. The van der Waals surface area contributed by atoms with Crippen molar-refractivity contribution in [2.75, 3.05) is 5.32 Å². The van der Waals surface area contributed by atoms with Crippen molar-refractivity contribution in [1.82, 2.24) is 0 Å². The number of nitrogens with one attached hydrogen (secondary N) is 1. The first-order valence-electron chi connectivity index (χ1n) is 8.45. The van der Waals surface area contributed by atoms with Gasteiger partial charge < -0.3 is 25.1 Å². The maximum atomic E-state index is 12.8. The average molecular weight is 373 g/mol. The molecule has 0 aliphatic heterocycles. The molecule has 6 heteroatoms. The van der Waals surface area contributed by atoms with Crippen LogP contribution in [0.15, 0.2) is 72.8 Å². The average Bonchev–Trinajstić information content (AvgIpc) is 2.69. The van der Waals surface area contributed by atoms with Crippen molar-refractivity contribution in [1.29, 1.82) is 0 Å². The molecule has 0 aromatic heterocycles. The highest BCUT2D eigenvalue weighted by molar-refractivity contribution is 6.10. The number of benzene rings is 3. The van der Waals surface area contributed by atoms with Crippen LogP contribution in [0.4, 0.5) is 5.69 Å². The lowest BCUT2D eigenvalue weighted by atomic mass is 9.95. The number of carbonyl (C=O) groups is 3. The minimum absolute atomic E-state index is 0.00520. The zero-order chi connectivity index (χ0) is 20.1. The Hall–Kier alpha value is -3.93. The molecule has 3 rings (SSSR count). The van der Waals surface area contributed by atoms with Crippen molar-refractivity contribution in [3.63, 3.8) is 0 Å². The molecule has 0 saturated heterocycles. The molecule has 140 valence electrons. The zero-order valence-corrected chi connectivity index (χ0v) is 14.7. The molecule has 0 spiro atoms. The van der Waals surface area contributed by atoms with E-state index in [-0.39, 0.29) is 12.0 Å². The Bertz CT molecular complexity index is 1040. The van der Waals surface area contributed by atoms with Gasteiger partial charge in [-0.3, -0.25) is 4.79 Å². The van der Waals surface area contributed by atoms with Crippen molar-refractivity contribution in [3.05, 3.63) is 89.5 Å². The van der Waals surface area contributed by atoms with Crippen molar-refractivity contribution in [2.45, 2.75) is 6.42 Å². The van der Waals surface area contributed by atoms with Gasteiger partial charge in [-0.25, -0.2) is 0 Å². The number of hydrogen-bond donors (Lipinski definition) is 1. The van der Waals surface area contributed by atoms with Crippen LogP contribution in [-0.4, -0.2) is 17.8 Å². The van der Waals surface area contributed by atoms with Crippen molar-refractivity contribution < 1.29 is 24.6 Å². The summed E-state index contributed by atoms with van der Waals surface area (Å²) in [5.41, 5.74) is 2.19. The molecule has 0 fully saturated rings. The fourth-order valence-corrected chi connectivity index (χ4v) is 2.88. The number of carboxylic acid groups (broad SMARTS) is 2. The first-order chi connectivity index (χ1) is 13.5. The van der Waals surface area contributed by atoms with Gasteiger partial charge in [-0.1, -0.05) is 54.6 Å². The maximum Gasteiger partial charge on any atom is 0.256 e. The van der Waals surface area contributed by atoms with E-state index < -0.39 is 17.8 Å². The number of rotatable bonds is 6. The maximum absolute atomic E-state index is 12.8. The number of anilines is 1. The van der Waals surface area contributed by atoms with E-state index in [9.17, 15) is 24.6 Å². The number of aliphatic carboxylic acids is 1. The molecule has 6 nitrogen and oxygen atoms in total. The summed E-state index contributed by atoms with van der Waals surface area (Å²) < 4.78 is 0. The molecule has 0 unspecified atom stereocenters. The quantitative estimate of drug-likeness (QED) is 0.700. The van der Waals surface area contributed by atoms with Gasteiger partial charge >= 0.3 is 0 Å². The molecule has 1 N–H and O–H groups in total. The van der Waals surface area contributed by atoms with Gasteiger partial charge in [-0.2, -0.15) is 0 Å². The van der Waals surface area contributed by atoms with Crippen LogP contribution in [0.2, 0.25) is 0 Å². The van der Waals surface area contributed by atoms with E-state index >= 15 is 0 Å². The zero-order valence-electron chi connectivity index (χ0n) is 14.7. The van der Waals surface area contributed by atoms with Crippen LogP contribution < -0.4 is 15.5 Å². The van der Waals surface area contributed by atoms with E-state index in [4.69, 9.17) is 0 Å². The standard InChI is InChI=1S/C22H17NO5/c24-20(25)13-14-9-11-15(12-10-14)23-21(26)18-7-3-1-5-16(18)17-6-2-4-8-19(17)22(27)28/h1-12H,13H2,(H,23,26)(H,24,25)(H,27,28)/p-2. The summed E-state index contributed by atoms with van der Waals surface area (Å²) in [6, 6.07) is 19.3. The minimum atomic E-state index is -1.32. The van der Waals surface area contributed by atoms with Gasteiger partial charge in [0, 0.05) is 29.2 Å². The van der Waals surface area contributed by atoms with E-state index in [1.165, 1.54) is 6.07 Å². The number of aromatic carboxylic acids is 1. The largest absolute Gasteiger partial charge is 0.550 e. The summed E-state index contributed by atoms with van der Waals surface area (Å²) in [5.74, 6) is -2.93. The third kappa shape index (κ3) is 4.24. The van der Waals surface area contributed by atoms with Crippen LogP contribution in [0, 0.1) is 0 Å². The Morgan fingerprint density at radius 3 is 1.82 bits per heavy atom. The van der Waals surface area contributed by atoms with Crippen LogP contribution >= 0.6 is 0 Å². The summed E-state index contributed by atoms with van der Waals surface area (Å²) in [4.78, 5) is 34.8. The summed E-state index contributed by atoms with van der Waals surface area (Å²) in [6.45, 7) is 0. The molecule has 0 aliphatic rings. The number of hydrogen-bond acceptors (Lipinski definition) is 5. The Kier molecular flexibility index (Phi) is 5.50. The van der Waals surface area contributed by atoms with Gasteiger partial charge in [0.15, 0.2) is 0 Å². The fraction of sp³-hybridized carbons (Fsp3) is 0.0455. The van der Waals surface area contributed by atoms with Crippen molar-refractivity contribution >= 4 is 23.5 Å². The second-order valence-corrected chi connectivity index (χ2v) is 6.08. The molecule has 3 aromatic carbocycles. The molecular formula is C22H15NO5-2. The molecule has 0 radical (unpaired) electrons. The predicted octanol–water partition coefficient (Wildman–Crippen LogP) is 1.26. The van der Waals surface area contributed by atoms with Crippen LogP contribution in [0.3, 0.4) is 0 Å². The molecule has 0 bridgehead atoms. The lowest BCUT2D eigenvalue weighted by Gasteiger charge is -2.14. The Balaban J connectivity index is 1.90. The minimum Gasteiger partial charge on any atom is -0.550 e. The molecule has 3 aromatic rings. The smallest absolute Gasteiger partial charge is 0.256 e. The van der Waals surface area contributed by atoms with E-state index in [2.05, 4.69) is 5.32 Å². The van der Waals surface area contributed by atoms with Crippen LogP contribution in [0.5, 0.6) is 0 Å². The molecule has 0 aliphatic carbocycles. The van der Waals surface area contributed by atoms with Crippen molar-refractivity contribution in [3.8, 4) is 11.1 Å². The van der Waals surface area contributed by atoms with Gasteiger partial charge in [0.1, 0.15) is 0 Å². The van der Waals surface area contributed by atoms with E-state index in [1.54, 1.807) is 66.7 Å². The normalized spacial score (nSPS) is 10.3. The van der Waals surface area contributed by atoms with Crippen molar-refractivity contribution in [2.24, 2.45) is 0 Å². The third-order valence-electron chi connectivity index (χ3n) is 4.17. The topological polar surface area (TPSA) is 109 Å². The molecule has 0 atom stereocenters. The second-order valence-electron chi connectivity index (χ2n) is 6.08. The van der Waals surface area contributed by atoms with E-state index in [0.717, 1.165) is 0 Å². The Morgan fingerprint density at radius 2 is 1.25 bits per heavy atom. The van der Waals surface area contributed by atoms with E-state index in [1.807, 2.05) is 0 Å². The number of amides is 1. The lowest BCUT2D eigenvalue weighted by molar-refractivity contribution is -0.304. The van der Waals surface area contributed by atoms with Gasteiger partial charge in [-0.15, -0.1) is 0 Å². The first-order valence-corrected chi connectivity index (χ1v) is 8.45. The summed E-state index contributed by atoms with van der Waals surface area (Å²) in [6.07, 6.45) is -0.211. The highest BCUT2D eigenvalue weighted by Gasteiger charge is 2.15. The molecule has 28 heavy (non-hydrogen) atoms. The molecule has 0 heterocycles. The Morgan fingerprint density at radius 1 is 0.714 bits per heavy atom. The summed E-state index contributed by atoms with van der Waals surface area (Å²) in [7, 11) is 0. The Labute approximate surface area is 161 Å². The summed E-state index contributed by atoms with van der Waals surface area (Å²) >= 11 is 0. The highest BCUT2D eigenvalue weighted by atomic mass is 16.4. The van der Waals surface area contributed by atoms with Gasteiger partial charge in [0.2, 0.25) is 0 Å². The van der Waals surface area contributed by atoms with Crippen LogP contribution in [0.1, 0.15) is 26.3 Å². The van der Waals surface area contributed by atoms with Gasteiger partial charge in [0.25, 0.3) is 5.91 Å². The SMILES string of the molecule is O=C([O-])Cc1ccc(NC(=O)c2ccccc2-c2ccccc2C(=O)[O-])cc1.